The quantitative estimate of drug-likeness (QED) is 0.780. The predicted octanol–water partition coefficient (Wildman–Crippen LogP) is 2.49. The fourth-order valence-corrected chi connectivity index (χ4v) is 2.34. The normalized spacial score (nSPS) is 10.4. The number of anilines is 1. The number of furan rings is 1. The molecule has 1 heterocycles. The van der Waals surface area contributed by atoms with Gasteiger partial charge in [-0.25, -0.2) is 0 Å². The molecule has 0 aliphatic heterocycles. The highest BCUT2D eigenvalue weighted by Crippen LogP contribution is 2.13. The Balaban J connectivity index is 1.88. The Morgan fingerprint density at radius 1 is 1.12 bits per heavy atom. The van der Waals surface area contributed by atoms with Crippen molar-refractivity contribution in [1.29, 1.82) is 0 Å². The Hall–Kier alpha value is -2.60. The van der Waals surface area contributed by atoms with Gasteiger partial charge in [0, 0.05) is 24.3 Å². The molecule has 2 rings (SSSR count). The van der Waals surface area contributed by atoms with Crippen LogP contribution in [0, 0.1) is 0 Å². The molecule has 2 N–H and O–H groups in total. The number of carbonyl (C=O) groups is 2. The molecule has 0 saturated heterocycles. The summed E-state index contributed by atoms with van der Waals surface area (Å²) in [6, 6.07) is 10.6. The summed E-state index contributed by atoms with van der Waals surface area (Å²) in [5.74, 6) is 0.565. The van der Waals surface area contributed by atoms with Crippen LogP contribution >= 0.6 is 0 Å². The first-order chi connectivity index (χ1) is 11.6. The first-order valence-electron chi connectivity index (χ1n) is 8.06. The first-order valence-corrected chi connectivity index (χ1v) is 8.06. The number of carbonyl (C=O) groups excluding carboxylic acids is 2. The number of rotatable bonds is 8. The number of benzene rings is 1. The Kier molecular flexibility index (Phi) is 6.57. The van der Waals surface area contributed by atoms with Crippen molar-refractivity contribution in [2.45, 2.75) is 20.4 Å². The summed E-state index contributed by atoms with van der Waals surface area (Å²) in [5.41, 5.74) is 1.18. The van der Waals surface area contributed by atoms with Crippen LogP contribution in [0.1, 0.15) is 30.0 Å². The predicted molar refractivity (Wildman–Crippen MR) is 92.7 cm³/mol. The van der Waals surface area contributed by atoms with Gasteiger partial charge in [0.1, 0.15) is 5.76 Å². The lowest BCUT2D eigenvalue weighted by Gasteiger charge is -2.19. The molecule has 1 aromatic heterocycles. The van der Waals surface area contributed by atoms with E-state index in [4.69, 9.17) is 4.42 Å². The Bertz CT molecular complexity index is 664. The SMILES string of the molecule is CCN(CC)C(=O)c1cccc(NC(=O)CNCc2ccco2)c1. The minimum Gasteiger partial charge on any atom is -0.468 e. The molecule has 1 aromatic carbocycles. The van der Waals surface area contributed by atoms with Crippen LogP contribution in [0.2, 0.25) is 0 Å². The smallest absolute Gasteiger partial charge is 0.253 e. The maximum absolute atomic E-state index is 12.3. The second-order valence-corrected chi connectivity index (χ2v) is 5.29. The average Bonchev–Trinajstić information content (AvgIpc) is 3.09. The number of hydrogen-bond acceptors (Lipinski definition) is 4. The molecule has 2 amide bonds. The van der Waals surface area contributed by atoms with Crippen LogP contribution in [0.4, 0.5) is 5.69 Å². The molecular formula is C18H23N3O3. The van der Waals surface area contributed by atoms with Crippen molar-refractivity contribution >= 4 is 17.5 Å². The van der Waals surface area contributed by atoms with Crippen LogP contribution in [0.15, 0.2) is 47.1 Å². The van der Waals surface area contributed by atoms with Crippen molar-refractivity contribution in [2.75, 3.05) is 25.0 Å². The van der Waals surface area contributed by atoms with E-state index < -0.39 is 0 Å². The lowest BCUT2D eigenvalue weighted by molar-refractivity contribution is -0.115. The molecule has 0 spiro atoms. The summed E-state index contributed by atoms with van der Waals surface area (Å²) in [6.45, 7) is 5.84. The molecule has 24 heavy (non-hydrogen) atoms. The maximum atomic E-state index is 12.3. The number of nitrogens with one attached hydrogen (secondary N) is 2. The van der Waals surface area contributed by atoms with E-state index in [1.807, 2.05) is 19.9 Å². The molecule has 0 bridgehead atoms. The zero-order valence-electron chi connectivity index (χ0n) is 14.0. The zero-order valence-corrected chi connectivity index (χ0v) is 14.0. The fourth-order valence-electron chi connectivity index (χ4n) is 2.34. The third kappa shape index (κ3) is 4.96. The Morgan fingerprint density at radius 3 is 2.58 bits per heavy atom. The monoisotopic (exact) mass is 329 g/mol. The molecule has 2 aromatic rings. The molecule has 0 fully saturated rings. The van der Waals surface area contributed by atoms with Gasteiger partial charge >= 0.3 is 0 Å². The number of hydrogen-bond donors (Lipinski definition) is 2. The van der Waals surface area contributed by atoms with Crippen molar-refractivity contribution < 1.29 is 14.0 Å². The van der Waals surface area contributed by atoms with Gasteiger partial charge in [0.05, 0.1) is 19.4 Å². The van der Waals surface area contributed by atoms with E-state index in [1.165, 1.54) is 0 Å². The highest BCUT2D eigenvalue weighted by molar-refractivity contribution is 5.97. The molecule has 6 nitrogen and oxygen atoms in total. The van der Waals surface area contributed by atoms with Gasteiger partial charge in [-0.3, -0.25) is 9.59 Å². The molecule has 0 radical (unpaired) electrons. The molecule has 0 atom stereocenters. The van der Waals surface area contributed by atoms with Gasteiger partial charge < -0.3 is 20.0 Å². The van der Waals surface area contributed by atoms with Crippen molar-refractivity contribution in [3.63, 3.8) is 0 Å². The molecule has 0 aliphatic rings. The van der Waals surface area contributed by atoms with E-state index in [0.29, 0.717) is 30.9 Å². The third-order valence-corrected chi connectivity index (χ3v) is 3.61. The van der Waals surface area contributed by atoms with E-state index in [2.05, 4.69) is 10.6 Å². The van der Waals surface area contributed by atoms with Gasteiger partial charge in [-0.1, -0.05) is 6.07 Å². The summed E-state index contributed by atoms with van der Waals surface area (Å²) < 4.78 is 5.18. The molecule has 0 aliphatic carbocycles. The third-order valence-electron chi connectivity index (χ3n) is 3.61. The fraction of sp³-hybridized carbons (Fsp3) is 0.333. The van der Waals surface area contributed by atoms with E-state index in [-0.39, 0.29) is 18.4 Å². The average molecular weight is 329 g/mol. The van der Waals surface area contributed by atoms with Crippen molar-refractivity contribution in [3.8, 4) is 0 Å². The van der Waals surface area contributed by atoms with Crippen molar-refractivity contribution in [3.05, 3.63) is 54.0 Å². The molecular weight excluding hydrogens is 306 g/mol. The summed E-state index contributed by atoms with van der Waals surface area (Å²) in [4.78, 5) is 26.0. The summed E-state index contributed by atoms with van der Waals surface area (Å²) in [6.07, 6.45) is 1.59. The van der Waals surface area contributed by atoms with Gasteiger partial charge in [0.25, 0.3) is 5.91 Å². The topological polar surface area (TPSA) is 74.6 Å². The highest BCUT2D eigenvalue weighted by Gasteiger charge is 2.13. The van der Waals surface area contributed by atoms with Gasteiger partial charge in [0.2, 0.25) is 5.91 Å². The molecule has 6 heteroatoms. The Morgan fingerprint density at radius 2 is 1.92 bits per heavy atom. The van der Waals surface area contributed by atoms with Crippen LogP contribution in [-0.2, 0) is 11.3 Å². The first kappa shape index (κ1) is 17.7. The summed E-state index contributed by atoms with van der Waals surface area (Å²) in [5, 5.41) is 5.79. The van der Waals surface area contributed by atoms with Gasteiger partial charge in [-0.2, -0.15) is 0 Å². The van der Waals surface area contributed by atoms with Crippen LogP contribution in [-0.4, -0.2) is 36.3 Å². The highest BCUT2D eigenvalue weighted by atomic mass is 16.3. The van der Waals surface area contributed by atoms with Crippen LogP contribution in [0.25, 0.3) is 0 Å². The molecule has 0 unspecified atom stereocenters. The van der Waals surface area contributed by atoms with E-state index in [9.17, 15) is 9.59 Å². The maximum Gasteiger partial charge on any atom is 0.253 e. The minimum absolute atomic E-state index is 0.0351. The molecule has 0 saturated carbocycles. The zero-order chi connectivity index (χ0) is 17.4. The minimum atomic E-state index is -0.172. The van der Waals surface area contributed by atoms with Gasteiger partial charge in [-0.15, -0.1) is 0 Å². The standard InChI is InChI=1S/C18H23N3O3/c1-3-21(4-2)18(23)14-7-5-8-15(11-14)20-17(22)13-19-12-16-9-6-10-24-16/h5-11,19H,3-4,12-13H2,1-2H3,(H,20,22). The lowest BCUT2D eigenvalue weighted by Crippen LogP contribution is -2.30. The summed E-state index contributed by atoms with van der Waals surface area (Å²) in [7, 11) is 0. The Labute approximate surface area is 141 Å². The van der Waals surface area contributed by atoms with E-state index >= 15 is 0 Å². The second kappa shape index (κ2) is 8.88. The van der Waals surface area contributed by atoms with Gasteiger partial charge in [-0.05, 0) is 44.2 Å². The van der Waals surface area contributed by atoms with Crippen LogP contribution < -0.4 is 10.6 Å². The van der Waals surface area contributed by atoms with Gasteiger partial charge in [0.15, 0.2) is 0 Å². The van der Waals surface area contributed by atoms with Crippen LogP contribution in [0.3, 0.4) is 0 Å². The molecule has 128 valence electrons. The number of nitrogens with zero attached hydrogens (tertiary/aromatic N) is 1. The van der Waals surface area contributed by atoms with E-state index in [1.54, 1.807) is 41.5 Å². The van der Waals surface area contributed by atoms with E-state index in [0.717, 1.165) is 5.76 Å². The van der Waals surface area contributed by atoms with Crippen molar-refractivity contribution in [2.24, 2.45) is 0 Å². The number of amides is 2. The largest absolute Gasteiger partial charge is 0.468 e. The van der Waals surface area contributed by atoms with Crippen molar-refractivity contribution in [1.82, 2.24) is 10.2 Å². The van der Waals surface area contributed by atoms with Crippen LogP contribution in [0.5, 0.6) is 0 Å². The summed E-state index contributed by atoms with van der Waals surface area (Å²) >= 11 is 0. The lowest BCUT2D eigenvalue weighted by atomic mass is 10.1. The second-order valence-electron chi connectivity index (χ2n) is 5.29.